The second-order valence-corrected chi connectivity index (χ2v) is 6.16. The van der Waals surface area contributed by atoms with Crippen LogP contribution < -0.4 is 5.32 Å². The Morgan fingerprint density at radius 3 is 2.50 bits per heavy atom. The van der Waals surface area contributed by atoms with Gasteiger partial charge in [0.05, 0.1) is 0 Å². The maximum Gasteiger partial charge on any atom is 0.0472 e. The first-order valence-corrected chi connectivity index (χ1v) is 7.79. The van der Waals surface area contributed by atoms with Gasteiger partial charge in [-0.05, 0) is 50.1 Å². The molecule has 1 saturated carbocycles. The maximum absolute atomic E-state index is 5.57. The molecule has 106 valence electrons. The van der Waals surface area contributed by atoms with Crippen molar-refractivity contribution in [3.63, 3.8) is 0 Å². The summed E-state index contributed by atoms with van der Waals surface area (Å²) in [5.41, 5.74) is 0.458. The van der Waals surface area contributed by atoms with Crippen LogP contribution in [0.3, 0.4) is 0 Å². The van der Waals surface area contributed by atoms with Gasteiger partial charge in [-0.1, -0.05) is 13.8 Å². The highest BCUT2D eigenvalue weighted by molar-refractivity contribution is 4.88. The molecule has 2 rings (SSSR count). The standard InChI is InChI=1S/C15H30N2O/c1-3-16-12-15(7-9-18-10-8-15)13-17(4-2)11-14-5-6-14/h14,16H,3-13H2,1-2H3. The molecule has 0 unspecified atom stereocenters. The van der Waals surface area contributed by atoms with Gasteiger partial charge in [-0.25, -0.2) is 0 Å². The van der Waals surface area contributed by atoms with E-state index < -0.39 is 0 Å². The number of hydrogen-bond donors (Lipinski definition) is 1. The van der Waals surface area contributed by atoms with Gasteiger partial charge in [-0.3, -0.25) is 0 Å². The summed E-state index contributed by atoms with van der Waals surface area (Å²) in [6.45, 7) is 12.4. The van der Waals surface area contributed by atoms with Crippen LogP contribution in [0.1, 0.15) is 39.5 Å². The van der Waals surface area contributed by atoms with Crippen LogP contribution in [0.15, 0.2) is 0 Å². The molecule has 1 saturated heterocycles. The topological polar surface area (TPSA) is 24.5 Å². The predicted octanol–water partition coefficient (Wildman–Crippen LogP) is 2.12. The normalized spacial score (nSPS) is 23.5. The zero-order valence-electron chi connectivity index (χ0n) is 12.2. The summed E-state index contributed by atoms with van der Waals surface area (Å²) < 4.78 is 5.57. The van der Waals surface area contributed by atoms with Crippen molar-refractivity contribution in [3.8, 4) is 0 Å². The lowest BCUT2D eigenvalue weighted by Crippen LogP contribution is -2.47. The molecule has 2 fully saturated rings. The first kappa shape index (κ1) is 14.3. The third kappa shape index (κ3) is 4.22. The Kier molecular flexibility index (Phi) is 5.46. The lowest BCUT2D eigenvalue weighted by atomic mass is 9.79. The van der Waals surface area contributed by atoms with E-state index in [2.05, 4.69) is 24.1 Å². The summed E-state index contributed by atoms with van der Waals surface area (Å²) in [5, 5.41) is 3.57. The van der Waals surface area contributed by atoms with E-state index in [1.807, 2.05) is 0 Å². The van der Waals surface area contributed by atoms with Gasteiger partial charge in [-0.2, -0.15) is 0 Å². The van der Waals surface area contributed by atoms with Gasteiger partial charge in [-0.15, -0.1) is 0 Å². The van der Waals surface area contributed by atoms with Gasteiger partial charge in [0.2, 0.25) is 0 Å². The average Bonchev–Trinajstić information content (AvgIpc) is 3.21. The van der Waals surface area contributed by atoms with Crippen LogP contribution in [0.2, 0.25) is 0 Å². The molecule has 0 aromatic rings. The summed E-state index contributed by atoms with van der Waals surface area (Å²) in [6, 6.07) is 0. The Balaban J connectivity index is 1.88. The molecule has 2 aliphatic rings. The molecular formula is C15H30N2O. The maximum atomic E-state index is 5.57. The number of nitrogens with one attached hydrogen (secondary N) is 1. The molecule has 3 heteroatoms. The van der Waals surface area contributed by atoms with Gasteiger partial charge in [0.1, 0.15) is 0 Å². The van der Waals surface area contributed by atoms with Crippen LogP contribution >= 0.6 is 0 Å². The van der Waals surface area contributed by atoms with E-state index >= 15 is 0 Å². The van der Waals surface area contributed by atoms with Crippen molar-refractivity contribution < 1.29 is 4.74 Å². The second-order valence-electron chi connectivity index (χ2n) is 6.16. The number of rotatable bonds is 8. The summed E-state index contributed by atoms with van der Waals surface area (Å²) in [4.78, 5) is 2.68. The van der Waals surface area contributed by atoms with Crippen molar-refractivity contribution in [1.82, 2.24) is 10.2 Å². The fourth-order valence-corrected chi connectivity index (χ4v) is 3.03. The van der Waals surface area contributed by atoms with Gasteiger partial charge < -0.3 is 15.0 Å². The van der Waals surface area contributed by atoms with Crippen molar-refractivity contribution >= 4 is 0 Å². The Morgan fingerprint density at radius 2 is 1.94 bits per heavy atom. The van der Waals surface area contributed by atoms with Crippen LogP contribution in [0.4, 0.5) is 0 Å². The molecule has 1 heterocycles. The molecule has 3 nitrogen and oxygen atoms in total. The minimum Gasteiger partial charge on any atom is -0.381 e. The fourth-order valence-electron chi connectivity index (χ4n) is 3.03. The second kappa shape index (κ2) is 6.88. The Hall–Kier alpha value is -0.120. The van der Waals surface area contributed by atoms with Crippen LogP contribution in [-0.2, 0) is 4.74 Å². The smallest absolute Gasteiger partial charge is 0.0472 e. The van der Waals surface area contributed by atoms with E-state index in [-0.39, 0.29) is 0 Å². The largest absolute Gasteiger partial charge is 0.381 e. The van der Waals surface area contributed by atoms with Crippen molar-refractivity contribution in [3.05, 3.63) is 0 Å². The van der Waals surface area contributed by atoms with Crippen LogP contribution in [0.5, 0.6) is 0 Å². The highest BCUT2D eigenvalue weighted by atomic mass is 16.5. The van der Waals surface area contributed by atoms with Crippen molar-refractivity contribution in [2.45, 2.75) is 39.5 Å². The minimum atomic E-state index is 0.458. The quantitative estimate of drug-likeness (QED) is 0.718. The molecule has 0 aromatic carbocycles. The zero-order chi connectivity index (χ0) is 12.8. The van der Waals surface area contributed by atoms with Gasteiger partial charge in [0, 0.05) is 32.8 Å². The van der Waals surface area contributed by atoms with Crippen molar-refractivity contribution in [2.75, 3.05) is 45.9 Å². The van der Waals surface area contributed by atoms with E-state index in [0.29, 0.717) is 5.41 Å². The lowest BCUT2D eigenvalue weighted by Gasteiger charge is -2.41. The molecule has 1 N–H and O–H groups in total. The summed E-state index contributed by atoms with van der Waals surface area (Å²) in [7, 11) is 0. The van der Waals surface area contributed by atoms with E-state index in [9.17, 15) is 0 Å². The number of hydrogen-bond acceptors (Lipinski definition) is 3. The molecule has 0 amide bonds. The first-order valence-electron chi connectivity index (χ1n) is 7.79. The minimum absolute atomic E-state index is 0.458. The molecule has 0 aromatic heterocycles. The first-order chi connectivity index (χ1) is 8.78. The highest BCUT2D eigenvalue weighted by Crippen LogP contribution is 2.34. The zero-order valence-corrected chi connectivity index (χ0v) is 12.2. The van der Waals surface area contributed by atoms with E-state index in [1.54, 1.807) is 0 Å². The van der Waals surface area contributed by atoms with Gasteiger partial charge in [0.15, 0.2) is 0 Å². The Bertz CT molecular complexity index is 235. The van der Waals surface area contributed by atoms with Crippen LogP contribution in [0, 0.1) is 11.3 Å². The molecule has 0 spiro atoms. The lowest BCUT2D eigenvalue weighted by molar-refractivity contribution is -0.00407. The van der Waals surface area contributed by atoms with E-state index in [0.717, 1.165) is 32.2 Å². The van der Waals surface area contributed by atoms with Crippen molar-refractivity contribution in [1.29, 1.82) is 0 Å². The van der Waals surface area contributed by atoms with Gasteiger partial charge >= 0.3 is 0 Å². The molecule has 0 radical (unpaired) electrons. The highest BCUT2D eigenvalue weighted by Gasteiger charge is 2.35. The number of ether oxygens (including phenoxy) is 1. The van der Waals surface area contributed by atoms with Gasteiger partial charge in [0.25, 0.3) is 0 Å². The van der Waals surface area contributed by atoms with Crippen LogP contribution in [-0.4, -0.2) is 50.8 Å². The average molecular weight is 254 g/mol. The summed E-state index contributed by atoms with van der Waals surface area (Å²) in [6.07, 6.45) is 5.36. The summed E-state index contributed by atoms with van der Waals surface area (Å²) in [5.74, 6) is 1.00. The summed E-state index contributed by atoms with van der Waals surface area (Å²) >= 11 is 0. The SMILES string of the molecule is CCNCC1(CN(CC)CC2CC2)CCOCC1. The molecular weight excluding hydrogens is 224 g/mol. The van der Waals surface area contributed by atoms with Crippen LogP contribution in [0.25, 0.3) is 0 Å². The van der Waals surface area contributed by atoms with Crippen molar-refractivity contribution in [2.24, 2.45) is 11.3 Å². The third-order valence-electron chi connectivity index (χ3n) is 4.52. The van der Waals surface area contributed by atoms with E-state index in [4.69, 9.17) is 4.74 Å². The number of nitrogens with zero attached hydrogens (tertiary/aromatic N) is 1. The molecule has 18 heavy (non-hydrogen) atoms. The Labute approximate surface area is 112 Å². The monoisotopic (exact) mass is 254 g/mol. The third-order valence-corrected chi connectivity index (χ3v) is 4.52. The fraction of sp³-hybridized carbons (Fsp3) is 1.00. The molecule has 0 bridgehead atoms. The predicted molar refractivity (Wildman–Crippen MR) is 75.9 cm³/mol. The van der Waals surface area contributed by atoms with E-state index in [1.165, 1.54) is 45.3 Å². The molecule has 0 atom stereocenters. The molecule has 1 aliphatic heterocycles. The Morgan fingerprint density at radius 1 is 1.22 bits per heavy atom. The molecule has 1 aliphatic carbocycles.